The molecule has 21 heavy (non-hydrogen) atoms. The van der Waals surface area contributed by atoms with Gasteiger partial charge in [0.2, 0.25) is 0 Å². The Morgan fingerprint density at radius 3 is 2.67 bits per heavy atom. The predicted molar refractivity (Wildman–Crippen MR) is 86.2 cm³/mol. The van der Waals surface area contributed by atoms with Crippen LogP contribution in [0.5, 0.6) is 11.5 Å². The summed E-state index contributed by atoms with van der Waals surface area (Å²) in [5.74, 6) is 1.54. The van der Waals surface area contributed by atoms with E-state index in [-0.39, 0.29) is 6.04 Å². The molecule has 1 unspecified atom stereocenters. The molecule has 1 aromatic carbocycles. The highest BCUT2D eigenvalue weighted by molar-refractivity contribution is 6.30. The molecule has 4 nitrogen and oxygen atoms in total. The van der Waals surface area contributed by atoms with Crippen molar-refractivity contribution in [3.63, 3.8) is 0 Å². The molecule has 114 valence electrons. The van der Waals surface area contributed by atoms with E-state index >= 15 is 0 Å². The number of aryl methyl sites for hydroxylation is 2. The van der Waals surface area contributed by atoms with Gasteiger partial charge in [-0.15, -0.1) is 0 Å². The summed E-state index contributed by atoms with van der Waals surface area (Å²) in [6.07, 6.45) is 1.69. The minimum absolute atomic E-state index is 0.115. The molecule has 2 rings (SSSR count). The van der Waals surface area contributed by atoms with Gasteiger partial charge in [0.1, 0.15) is 11.4 Å². The second-order valence-corrected chi connectivity index (χ2v) is 5.79. The number of ether oxygens (including phenoxy) is 1. The van der Waals surface area contributed by atoms with Crippen LogP contribution in [-0.2, 0) is 13.5 Å². The number of hydrogen-bond donors (Lipinski definition) is 1. The Bertz CT molecular complexity index is 637. The summed E-state index contributed by atoms with van der Waals surface area (Å²) in [5, 5.41) is 5.02. The molecular formula is C16H22ClN3O. The van der Waals surface area contributed by atoms with Crippen molar-refractivity contribution < 1.29 is 4.74 Å². The van der Waals surface area contributed by atoms with E-state index < -0.39 is 0 Å². The van der Waals surface area contributed by atoms with Gasteiger partial charge in [-0.05, 0) is 44.4 Å². The molecule has 0 fully saturated rings. The van der Waals surface area contributed by atoms with E-state index in [4.69, 9.17) is 22.1 Å². The fourth-order valence-electron chi connectivity index (χ4n) is 2.23. The van der Waals surface area contributed by atoms with Gasteiger partial charge in [-0.2, -0.15) is 5.10 Å². The van der Waals surface area contributed by atoms with Gasteiger partial charge >= 0.3 is 0 Å². The largest absolute Gasteiger partial charge is 0.453 e. The van der Waals surface area contributed by atoms with Crippen molar-refractivity contribution in [1.82, 2.24) is 9.78 Å². The van der Waals surface area contributed by atoms with Crippen molar-refractivity contribution in [2.45, 2.75) is 39.7 Å². The summed E-state index contributed by atoms with van der Waals surface area (Å²) in [5.41, 5.74) is 8.98. The smallest absolute Gasteiger partial charge is 0.171 e. The fraction of sp³-hybridized carbons (Fsp3) is 0.438. The topological polar surface area (TPSA) is 53.1 Å². The molecule has 0 aliphatic rings. The molecular weight excluding hydrogens is 286 g/mol. The van der Waals surface area contributed by atoms with Crippen LogP contribution in [0.1, 0.15) is 30.3 Å². The molecule has 2 aromatic rings. The van der Waals surface area contributed by atoms with Crippen molar-refractivity contribution in [1.29, 1.82) is 0 Å². The van der Waals surface area contributed by atoms with Gasteiger partial charge in [0.15, 0.2) is 5.75 Å². The Kier molecular flexibility index (Phi) is 4.91. The molecule has 1 atom stereocenters. The monoisotopic (exact) mass is 307 g/mol. The first-order valence-electron chi connectivity index (χ1n) is 7.14. The first kappa shape index (κ1) is 15.9. The maximum atomic E-state index is 6.11. The molecule has 0 saturated carbocycles. The molecule has 0 aliphatic carbocycles. The molecule has 1 heterocycles. The Hall–Kier alpha value is -1.52. The Labute approximate surface area is 130 Å². The maximum absolute atomic E-state index is 6.11. The van der Waals surface area contributed by atoms with E-state index in [9.17, 15) is 0 Å². The van der Waals surface area contributed by atoms with Crippen LogP contribution in [0.2, 0.25) is 5.02 Å². The van der Waals surface area contributed by atoms with Crippen LogP contribution >= 0.6 is 11.6 Å². The average molecular weight is 308 g/mol. The van der Waals surface area contributed by atoms with Crippen LogP contribution in [0, 0.1) is 13.8 Å². The lowest BCUT2D eigenvalue weighted by atomic mass is 10.0. The molecule has 5 heteroatoms. The number of rotatable bonds is 5. The van der Waals surface area contributed by atoms with Crippen LogP contribution < -0.4 is 10.5 Å². The third-order valence-electron chi connectivity index (χ3n) is 3.69. The second kappa shape index (κ2) is 6.50. The summed E-state index contributed by atoms with van der Waals surface area (Å²) < 4.78 is 7.91. The second-order valence-electron chi connectivity index (χ2n) is 5.35. The standard InChI is InChI=1S/C16H22ClN3O/c1-5-14(18)8-12-6-7-13(17)9-15(12)21-16-10(2)19-20(4)11(16)3/h6-7,9,14H,5,8,18H2,1-4H3. The van der Waals surface area contributed by atoms with E-state index in [1.165, 1.54) is 0 Å². The molecule has 0 aliphatic heterocycles. The number of hydrogen-bond acceptors (Lipinski definition) is 3. The third-order valence-corrected chi connectivity index (χ3v) is 3.93. The van der Waals surface area contributed by atoms with Crippen LogP contribution in [0.25, 0.3) is 0 Å². The normalized spacial score (nSPS) is 12.5. The Balaban J connectivity index is 2.36. The van der Waals surface area contributed by atoms with Crippen LogP contribution in [0.3, 0.4) is 0 Å². The lowest BCUT2D eigenvalue weighted by Crippen LogP contribution is -2.21. The van der Waals surface area contributed by atoms with Crippen molar-refractivity contribution in [2.75, 3.05) is 0 Å². The van der Waals surface area contributed by atoms with Gasteiger partial charge < -0.3 is 10.5 Å². The highest BCUT2D eigenvalue weighted by Crippen LogP contribution is 2.32. The zero-order valence-corrected chi connectivity index (χ0v) is 13.7. The summed E-state index contributed by atoms with van der Waals surface area (Å²) in [6.45, 7) is 6.00. The first-order valence-corrected chi connectivity index (χ1v) is 7.52. The van der Waals surface area contributed by atoms with Gasteiger partial charge in [-0.25, -0.2) is 0 Å². The summed E-state index contributed by atoms with van der Waals surface area (Å²) in [6, 6.07) is 5.80. The SMILES string of the molecule is CCC(N)Cc1ccc(Cl)cc1Oc1c(C)nn(C)c1C. The molecule has 0 radical (unpaired) electrons. The zero-order chi connectivity index (χ0) is 15.6. The number of benzene rings is 1. The van der Waals surface area contributed by atoms with Crippen molar-refractivity contribution in [3.8, 4) is 11.5 Å². The quantitative estimate of drug-likeness (QED) is 0.915. The summed E-state index contributed by atoms with van der Waals surface area (Å²) in [7, 11) is 1.90. The van der Waals surface area contributed by atoms with E-state index in [0.717, 1.165) is 41.3 Å². The van der Waals surface area contributed by atoms with Gasteiger partial charge in [-0.1, -0.05) is 24.6 Å². The number of nitrogens with zero attached hydrogens (tertiary/aromatic N) is 2. The van der Waals surface area contributed by atoms with Crippen molar-refractivity contribution in [3.05, 3.63) is 40.2 Å². The lowest BCUT2D eigenvalue weighted by molar-refractivity contribution is 0.464. The predicted octanol–water partition coefficient (Wildman–Crippen LogP) is 3.76. The molecule has 1 aromatic heterocycles. The Morgan fingerprint density at radius 1 is 1.38 bits per heavy atom. The minimum atomic E-state index is 0.115. The highest BCUT2D eigenvalue weighted by atomic mass is 35.5. The van der Waals surface area contributed by atoms with Crippen LogP contribution in [-0.4, -0.2) is 15.8 Å². The summed E-state index contributed by atoms with van der Waals surface area (Å²) >= 11 is 6.11. The van der Waals surface area contributed by atoms with Gasteiger partial charge in [0, 0.05) is 18.1 Å². The maximum Gasteiger partial charge on any atom is 0.171 e. The van der Waals surface area contributed by atoms with Crippen LogP contribution in [0.15, 0.2) is 18.2 Å². The first-order chi connectivity index (χ1) is 9.92. The third kappa shape index (κ3) is 3.57. The lowest BCUT2D eigenvalue weighted by Gasteiger charge is -2.15. The summed E-state index contributed by atoms with van der Waals surface area (Å²) in [4.78, 5) is 0. The van der Waals surface area contributed by atoms with E-state index in [2.05, 4.69) is 12.0 Å². The van der Waals surface area contributed by atoms with Crippen molar-refractivity contribution in [2.24, 2.45) is 12.8 Å². The number of nitrogens with two attached hydrogens (primary N) is 1. The molecule has 2 N–H and O–H groups in total. The van der Waals surface area contributed by atoms with E-state index in [1.54, 1.807) is 0 Å². The fourth-order valence-corrected chi connectivity index (χ4v) is 2.39. The molecule has 0 amide bonds. The number of aromatic nitrogens is 2. The molecule has 0 saturated heterocycles. The molecule has 0 spiro atoms. The van der Waals surface area contributed by atoms with E-state index in [0.29, 0.717) is 5.02 Å². The van der Waals surface area contributed by atoms with Crippen molar-refractivity contribution >= 4 is 11.6 Å². The van der Waals surface area contributed by atoms with Gasteiger partial charge in [0.05, 0.1) is 5.69 Å². The number of halogens is 1. The van der Waals surface area contributed by atoms with E-state index in [1.807, 2.05) is 43.8 Å². The minimum Gasteiger partial charge on any atom is -0.453 e. The van der Waals surface area contributed by atoms with Gasteiger partial charge in [0.25, 0.3) is 0 Å². The molecule has 0 bridgehead atoms. The average Bonchev–Trinajstić information content (AvgIpc) is 2.68. The Morgan fingerprint density at radius 2 is 2.10 bits per heavy atom. The van der Waals surface area contributed by atoms with Crippen LogP contribution in [0.4, 0.5) is 0 Å². The van der Waals surface area contributed by atoms with Gasteiger partial charge in [-0.3, -0.25) is 4.68 Å². The highest BCUT2D eigenvalue weighted by Gasteiger charge is 2.15. The zero-order valence-electron chi connectivity index (χ0n) is 13.0.